The minimum absolute atomic E-state index is 0.00985. The lowest BCUT2D eigenvalue weighted by Crippen LogP contribution is -2.26. The van der Waals surface area contributed by atoms with Crippen LogP contribution in [0, 0.1) is 6.92 Å². The zero-order valence-corrected chi connectivity index (χ0v) is 12.8. The lowest BCUT2D eigenvalue weighted by Gasteiger charge is -2.30. The van der Waals surface area contributed by atoms with Gasteiger partial charge in [-0.3, -0.25) is 4.99 Å². The summed E-state index contributed by atoms with van der Waals surface area (Å²) in [5.74, 6) is 0.185. The number of benzene rings is 1. The number of hydrogen-bond acceptors (Lipinski definition) is 2. The van der Waals surface area contributed by atoms with Gasteiger partial charge in [-0.2, -0.15) is 0 Å². The van der Waals surface area contributed by atoms with Crippen molar-refractivity contribution in [3.8, 4) is 0 Å². The normalized spacial score (nSPS) is 21.0. The zero-order chi connectivity index (χ0) is 15.4. The Labute approximate surface area is 127 Å². The van der Waals surface area contributed by atoms with Gasteiger partial charge in [0.05, 0.1) is 11.8 Å². The van der Waals surface area contributed by atoms with Gasteiger partial charge in [0.15, 0.2) is 0 Å². The highest BCUT2D eigenvalue weighted by Crippen LogP contribution is 2.35. The van der Waals surface area contributed by atoms with Gasteiger partial charge in [-0.25, -0.2) is 0 Å². The van der Waals surface area contributed by atoms with Gasteiger partial charge in [-0.15, -0.1) is 6.58 Å². The molecular formula is C19H23NO. The van der Waals surface area contributed by atoms with Crippen LogP contribution in [0.1, 0.15) is 36.0 Å². The van der Waals surface area contributed by atoms with Crippen molar-refractivity contribution in [3.63, 3.8) is 0 Å². The summed E-state index contributed by atoms with van der Waals surface area (Å²) >= 11 is 0. The number of aliphatic imine (C=N–C) groups is 1. The fourth-order valence-corrected chi connectivity index (χ4v) is 2.91. The minimum atomic E-state index is -0.00985. The first-order chi connectivity index (χ1) is 10.1. The molecule has 0 radical (unpaired) electrons. The highest BCUT2D eigenvalue weighted by molar-refractivity contribution is 6.15. The Morgan fingerprint density at radius 2 is 2.19 bits per heavy atom. The highest BCUT2D eigenvalue weighted by atomic mass is 16.3. The van der Waals surface area contributed by atoms with E-state index in [1.807, 2.05) is 25.2 Å². The standard InChI is InChI=1S/C19H23NO/c1-5-7-14(4)19-17-12-13(3)8-9-15(17)16(10-11-21)18(6-2)20-19/h5-9,12,16,18,21H,2,4,10-11H2,1,3H3/b7-5-. The number of allylic oxidation sites excluding steroid dienone is 3. The van der Waals surface area contributed by atoms with Gasteiger partial charge < -0.3 is 5.11 Å². The van der Waals surface area contributed by atoms with Crippen molar-refractivity contribution in [1.29, 1.82) is 0 Å². The van der Waals surface area contributed by atoms with Gasteiger partial charge in [-0.1, -0.05) is 42.5 Å². The molecule has 1 heterocycles. The van der Waals surface area contributed by atoms with Crippen LogP contribution in [0.15, 0.2) is 60.2 Å². The molecule has 1 aromatic carbocycles. The number of aryl methyl sites for hydroxylation is 1. The van der Waals surface area contributed by atoms with Crippen LogP contribution in [0.4, 0.5) is 0 Å². The molecule has 0 amide bonds. The lowest BCUT2D eigenvalue weighted by molar-refractivity contribution is 0.271. The van der Waals surface area contributed by atoms with Crippen molar-refractivity contribution < 1.29 is 5.11 Å². The lowest BCUT2D eigenvalue weighted by atomic mass is 9.80. The number of hydrogen-bond donors (Lipinski definition) is 1. The molecule has 2 heteroatoms. The molecule has 21 heavy (non-hydrogen) atoms. The number of fused-ring (bicyclic) bond motifs is 1. The maximum absolute atomic E-state index is 9.36. The van der Waals surface area contributed by atoms with E-state index in [2.05, 4.69) is 38.3 Å². The topological polar surface area (TPSA) is 32.6 Å². The molecule has 2 unspecified atom stereocenters. The van der Waals surface area contributed by atoms with Crippen LogP contribution >= 0.6 is 0 Å². The van der Waals surface area contributed by atoms with Crippen molar-refractivity contribution in [3.05, 3.63) is 71.8 Å². The molecule has 2 nitrogen and oxygen atoms in total. The third-order valence-corrected chi connectivity index (χ3v) is 3.91. The molecule has 0 spiro atoms. The zero-order valence-electron chi connectivity index (χ0n) is 12.8. The van der Waals surface area contributed by atoms with Crippen LogP contribution in [0.3, 0.4) is 0 Å². The summed E-state index contributed by atoms with van der Waals surface area (Å²) in [5, 5.41) is 9.36. The fraction of sp³-hybridized carbons (Fsp3) is 0.316. The molecule has 1 aliphatic rings. The van der Waals surface area contributed by atoms with E-state index in [-0.39, 0.29) is 18.6 Å². The Morgan fingerprint density at radius 3 is 2.81 bits per heavy atom. The predicted octanol–water partition coefficient (Wildman–Crippen LogP) is 3.95. The van der Waals surface area contributed by atoms with E-state index in [9.17, 15) is 5.11 Å². The van der Waals surface area contributed by atoms with Crippen molar-refractivity contribution in [2.75, 3.05) is 6.61 Å². The number of aliphatic hydroxyl groups excluding tert-OH is 1. The number of nitrogens with zero attached hydrogens (tertiary/aromatic N) is 1. The third-order valence-electron chi connectivity index (χ3n) is 3.91. The van der Waals surface area contributed by atoms with Crippen LogP contribution < -0.4 is 0 Å². The molecule has 1 aromatic rings. The predicted molar refractivity (Wildman–Crippen MR) is 90.1 cm³/mol. The summed E-state index contributed by atoms with van der Waals surface area (Å²) in [6, 6.07) is 6.42. The average Bonchev–Trinajstić information content (AvgIpc) is 2.47. The molecule has 1 aliphatic heterocycles. The number of rotatable bonds is 5. The highest BCUT2D eigenvalue weighted by Gasteiger charge is 2.29. The van der Waals surface area contributed by atoms with Gasteiger partial charge in [-0.05, 0) is 37.5 Å². The minimum Gasteiger partial charge on any atom is -0.396 e. The Kier molecular flexibility index (Phi) is 4.92. The molecule has 1 N–H and O–H groups in total. The molecule has 0 saturated carbocycles. The van der Waals surface area contributed by atoms with Crippen LogP contribution in [-0.2, 0) is 0 Å². The smallest absolute Gasteiger partial charge is 0.0754 e. The molecular weight excluding hydrogens is 258 g/mol. The van der Waals surface area contributed by atoms with E-state index in [0.29, 0.717) is 6.42 Å². The van der Waals surface area contributed by atoms with Gasteiger partial charge in [0.25, 0.3) is 0 Å². The fourth-order valence-electron chi connectivity index (χ4n) is 2.91. The molecule has 0 aromatic heterocycles. The quantitative estimate of drug-likeness (QED) is 0.643. The first-order valence-corrected chi connectivity index (χ1v) is 7.36. The monoisotopic (exact) mass is 281 g/mol. The van der Waals surface area contributed by atoms with Crippen LogP contribution in [0.2, 0.25) is 0 Å². The van der Waals surface area contributed by atoms with Crippen LogP contribution in [0.25, 0.3) is 0 Å². The van der Waals surface area contributed by atoms with Crippen molar-refractivity contribution in [2.24, 2.45) is 4.99 Å². The second-order valence-electron chi connectivity index (χ2n) is 5.44. The van der Waals surface area contributed by atoms with E-state index in [1.54, 1.807) is 0 Å². The average molecular weight is 281 g/mol. The number of aliphatic hydroxyl groups is 1. The maximum Gasteiger partial charge on any atom is 0.0754 e. The van der Waals surface area contributed by atoms with Gasteiger partial charge in [0.2, 0.25) is 0 Å². The summed E-state index contributed by atoms with van der Waals surface area (Å²) in [6.07, 6.45) is 6.52. The van der Waals surface area contributed by atoms with Gasteiger partial charge in [0, 0.05) is 18.1 Å². The molecule has 2 atom stereocenters. The largest absolute Gasteiger partial charge is 0.396 e. The Bertz CT molecular complexity index is 610. The van der Waals surface area contributed by atoms with E-state index in [4.69, 9.17) is 4.99 Å². The first kappa shape index (κ1) is 15.5. The third kappa shape index (κ3) is 3.06. The molecule has 110 valence electrons. The van der Waals surface area contributed by atoms with E-state index in [0.717, 1.165) is 16.8 Å². The molecule has 2 rings (SSSR count). The van der Waals surface area contributed by atoms with Crippen LogP contribution in [-0.4, -0.2) is 23.5 Å². The SMILES string of the molecule is C=CC1N=C(C(=C)/C=C\C)c2cc(C)ccc2C1CCO. The summed E-state index contributed by atoms with van der Waals surface area (Å²) in [4.78, 5) is 4.84. The van der Waals surface area contributed by atoms with Crippen molar-refractivity contribution in [2.45, 2.75) is 32.2 Å². The van der Waals surface area contributed by atoms with Gasteiger partial charge >= 0.3 is 0 Å². The summed E-state index contributed by atoms with van der Waals surface area (Å²) in [6.45, 7) is 12.3. The summed E-state index contributed by atoms with van der Waals surface area (Å²) < 4.78 is 0. The van der Waals surface area contributed by atoms with Crippen molar-refractivity contribution in [1.82, 2.24) is 0 Å². The second kappa shape index (κ2) is 6.68. The van der Waals surface area contributed by atoms with Crippen molar-refractivity contribution >= 4 is 5.71 Å². The van der Waals surface area contributed by atoms with Gasteiger partial charge in [0.1, 0.15) is 0 Å². The van der Waals surface area contributed by atoms with E-state index < -0.39 is 0 Å². The second-order valence-corrected chi connectivity index (χ2v) is 5.44. The molecule has 0 aliphatic carbocycles. The molecule has 0 bridgehead atoms. The molecule has 0 fully saturated rings. The Hall–Kier alpha value is -1.93. The summed E-state index contributed by atoms with van der Waals surface area (Å²) in [5.41, 5.74) is 5.42. The Morgan fingerprint density at radius 1 is 1.43 bits per heavy atom. The first-order valence-electron chi connectivity index (χ1n) is 7.36. The molecule has 0 saturated heterocycles. The van der Waals surface area contributed by atoms with Crippen LogP contribution in [0.5, 0.6) is 0 Å². The Balaban J connectivity index is 2.59. The van der Waals surface area contributed by atoms with E-state index >= 15 is 0 Å². The summed E-state index contributed by atoms with van der Waals surface area (Å²) in [7, 11) is 0. The van der Waals surface area contributed by atoms with E-state index in [1.165, 1.54) is 11.1 Å². The maximum atomic E-state index is 9.36.